The van der Waals surface area contributed by atoms with Crippen molar-refractivity contribution in [2.45, 2.75) is 46.4 Å². The zero-order chi connectivity index (χ0) is 23.8. The topological polar surface area (TPSA) is 115 Å². The first-order chi connectivity index (χ1) is 15.7. The molecule has 0 spiro atoms. The van der Waals surface area contributed by atoms with Crippen molar-refractivity contribution >= 4 is 17.7 Å². The monoisotopic (exact) mass is 453 g/mol. The number of methoxy groups -OCH3 is 1. The molecule has 0 bridgehead atoms. The van der Waals surface area contributed by atoms with Crippen molar-refractivity contribution in [3.05, 3.63) is 54.0 Å². The Morgan fingerprint density at radius 3 is 2.76 bits per heavy atom. The summed E-state index contributed by atoms with van der Waals surface area (Å²) in [6.45, 7) is 9.21. The molecule has 0 aliphatic heterocycles. The number of benzene rings is 1. The van der Waals surface area contributed by atoms with Crippen molar-refractivity contribution in [3.63, 3.8) is 0 Å². The predicted octanol–water partition coefficient (Wildman–Crippen LogP) is 3.57. The number of nitrogens with one attached hydrogen (secondary N) is 3. The van der Waals surface area contributed by atoms with Gasteiger partial charge in [-0.05, 0) is 51.0 Å². The molecule has 0 aliphatic rings. The molecule has 3 N–H and O–H groups in total. The first kappa shape index (κ1) is 24.1. The number of anilines is 2. The van der Waals surface area contributed by atoms with E-state index in [4.69, 9.17) is 9.47 Å². The van der Waals surface area contributed by atoms with Gasteiger partial charge in [0.15, 0.2) is 0 Å². The third-order valence-corrected chi connectivity index (χ3v) is 4.58. The van der Waals surface area contributed by atoms with Crippen molar-refractivity contribution in [1.82, 2.24) is 30.6 Å². The third-order valence-electron chi connectivity index (χ3n) is 4.58. The molecule has 0 fully saturated rings. The minimum Gasteiger partial charge on any atom is -0.443 e. The van der Waals surface area contributed by atoms with E-state index < -0.39 is 11.7 Å². The van der Waals surface area contributed by atoms with Crippen molar-refractivity contribution in [3.8, 4) is 11.3 Å². The second kappa shape index (κ2) is 10.9. The SMILES string of the molecule is COCCn1cc(Nc2nccc(-c3ccc(CNNC(=O)OC(C)(C)C)c(C)c3)n2)cn1. The summed E-state index contributed by atoms with van der Waals surface area (Å²) in [6, 6.07) is 7.92. The van der Waals surface area contributed by atoms with Crippen molar-refractivity contribution in [2.24, 2.45) is 0 Å². The van der Waals surface area contributed by atoms with Gasteiger partial charge in [0, 0.05) is 31.6 Å². The van der Waals surface area contributed by atoms with Gasteiger partial charge in [0.2, 0.25) is 5.95 Å². The number of hydrazine groups is 1. The van der Waals surface area contributed by atoms with Crippen LogP contribution in [0.4, 0.5) is 16.4 Å². The molecule has 33 heavy (non-hydrogen) atoms. The summed E-state index contributed by atoms with van der Waals surface area (Å²) in [5.41, 5.74) is 9.60. The summed E-state index contributed by atoms with van der Waals surface area (Å²) in [5, 5.41) is 7.47. The van der Waals surface area contributed by atoms with E-state index in [0.29, 0.717) is 25.6 Å². The number of amides is 1. The number of aryl methyl sites for hydroxylation is 1. The minimum absolute atomic E-state index is 0.467. The average molecular weight is 454 g/mol. The highest BCUT2D eigenvalue weighted by atomic mass is 16.6. The molecule has 0 atom stereocenters. The van der Waals surface area contributed by atoms with E-state index in [0.717, 1.165) is 28.1 Å². The number of ether oxygens (including phenoxy) is 2. The number of aromatic nitrogens is 4. The lowest BCUT2D eigenvalue weighted by Crippen LogP contribution is -2.40. The molecule has 0 unspecified atom stereocenters. The highest BCUT2D eigenvalue weighted by Crippen LogP contribution is 2.22. The lowest BCUT2D eigenvalue weighted by molar-refractivity contribution is 0.0497. The van der Waals surface area contributed by atoms with Gasteiger partial charge < -0.3 is 14.8 Å². The van der Waals surface area contributed by atoms with Crippen LogP contribution in [0, 0.1) is 6.92 Å². The van der Waals surface area contributed by atoms with E-state index in [1.54, 1.807) is 24.2 Å². The van der Waals surface area contributed by atoms with Gasteiger partial charge in [-0.25, -0.2) is 20.2 Å². The molecule has 0 aliphatic carbocycles. The molecule has 2 heterocycles. The van der Waals surface area contributed by atoms with Gasteiger partial charge >= 0.3 is 6.09 Å². The van der Waals surface area contributed by atoms with E-state index in [2.05, 4.69) is 37.3 Å². The second-order valence-electron chi connectivity index (χ2n) is 8.50. The molecular formula is C23H31N7O3. The smallest absolute Gasteiger partial charge is 0.422 e. The fourth-order valence-corrected chi connectivity index (χ4v) is 3.01. The molecule has 176 valence electrons. The normalized spacial score (nSPS) is 11.3. The maximum atomic E-state index is 11.8. The van der Waals surface area contributed by atoms with Crippen LogP contribution in [0.25, 0.3) is 11.3 Å². The van der Waals surface area contributed by atoms with Crippen LogP contribution in [0.2, 0.25) is 0 Å². The van der Waals surface area contributed by atoms with E-state index >= 15 is 0 Å². The Hall–Kier alpha value is -3.50. The third kappa shape index (κ3) is 7.55. The zero-order valence-electron chi connectivity index (χ0n) is 19.7. The Labute approximate surface area is 193 Å². The maximum Gasteiger partial charge on any atom is 0.422 e. The predicted molar refractivity (Wildman–Crippen MR) is 126 cm³/mol. The van der Waals surface area contributed by atoms with Crippen LogP contribution in [-0.2, 0) is 22.6 Å². The van der Waals surface area contributed by atoms with Crippen LogP contribution in [0.5, 0.6) is 0 Å². The number of nitrogens with zero attached hydrogens (tertiary/aromatic N) is 4. The fourth-order valence-electron chi connectivity index (χ4n) is 3.01. The molecule has 1 amide bonds. The van der Waals surface area contributed by atoms with Gasteiger partial charge in [-0.3, -0.25) is 10.1 Å². The highest BCUT2D eigenvalue weighted by molar-refractivity contribution is 5.67. The van der Waals surface area contributed by atoms with Crippen molar-refractivity contribution in [2.75, 3.05) is 19.0 Å². The summed E-state index contributed by atoms with van der Waals surface area (Å²) in [6.07, 6.45) is 4.81. The molecule has 3 rings (SSSR count). The van der Waals surface area contributed by atoms with Crippen molar-refractivity contribution < 1.29 is 14.3 Å². The Morgan fingerprint density at radius 2 is 2.03 bits per heavy atom. The van der Waals surface area contributed by atoms with Gasteiger partial charge in [-0.15, -0.1) is 0 Å². The Morgan fingerprint density at radius 1 is 1.21 bits per heavy atom. The second-order valence-corrected chi connectivity index (χ2v) is 8.50. The largest absolute Gasteiger partial charge is 0.443 e. The summed E-state index contributed by atoms with van der Waals surface area (Å²) >= 11 is 0. The summed E-state index contributed by atoms with van der Waals surface area (Å²) < 4.78 is 12.1. The standard InChI is InChI=1S/C23H31N7O3/c1-16-12-17(6-7-18(16)13-25-29-22(31)33-23(2,3)4)20-8-9-24-21(28-20)27-19-14-26-30(15-19)10-11-32-5/h6-9,12,14-15,25H,10-11,13H2,1-5H3,(H,29,31)(H,24,27,28). The quantitative estimate of drug-likeness (QED) is 0.421. The van der Waals surface area contributed by atoms with Gasteiger partial charge in [0.1, 0.15) is 5.60 Å². The van der Waals surface area contributed by atoms with Gasteiger partial charge in [0.25, 0.3) is 0 Å². The molecule has 2 aromatic heterocycles. The van der Waals surface area contributed by atoms with E-state index in [1.165, 1.54) is 0 Å². The van der Waals surface area contributed by atoms with Crippen molar-refractivity contribution in [1.29, 1.82) is 0 Å². The minimum atomic E-state index is -0.543. The molecule has 1 aromatic carbocycles. The maximum absolute atomic E-state index is 11.8. The average Bonchev–Trinajstić information content (AvgIpc) is 3.19. The Kier molecular flexibility index (Phi) is 7.96. The molecule has 0 saturated carbocycles. The molecule has 0 radical (unpaired) electrons. The van der Waals surface area contributed by atoms with Crippen LogP contribution in [0.15, 0.2) is 42.9 Å². The molecule has 10 heteroatoms. The Bertz CT molecular complexity index is 1080. The van der Waals surface area contributed by atoms with E-state index in [-0.39, 0.29) is 0 Å². The summed E-state index contributed by atoms with van der Waals surface area (Å²) in [4.78, 5) is 20.7. The number of hydrogen-bond acceptors (Lipinski definition) is 8. The van der Waals surface area contributed by atoms with E-state index in [9.17, 15) is 4.79 Å². The number of rotatable bonds is 9. The molecule has 3 aromatic rings. The molecule has 10 nitrogen and oxygen atoms in total. The van der Waals surface area contributed by atoms with Crippen LogP contribution in [-0.4, -0.2) is 45.2 Å². The lowest BCUT2D eigenvalue weighted by atomic mass is 10.0. The van der Waals surface area contributed by atoms with Crippen LogP contribution in [0.1, 0.15) is 31.9 Å². The van der Waals surface area contributed by atoms with Gasteiger partial charge in [0.05, 0.1) is 30.7 Å². The first-order valence-electron chi connectivity index (χ1n) is 10.7. The Balaban J connectivity index is 1.61. The van der Waals surface area contributed by atoms with Crippen LogP contribution < -0.4 is 16.2 Å². The number of carbonyl (C=O) groups is 1. The zero-order valence-corrected chi connectivity index (χ0v) is 19.7. The molecule has 0 saturated heterocycles. The summed E-state index contributed by atoms with van der Waals surface area (Å²) in [7, 11) is 1.66. The van der Waals surface area contributed by atoms with Crippen LogP contribution in [0.3, 0.4) is 0 Å². The number of carbonyl (C=O) groups excluding carboxylic acids is 1. The van der Waals surface area contributed by atoms with E-state index in [1.807, 2.05) is 52.1 Å². The first-order valence-corrected chi connectivity index (χ1v) is 10.7. The lowest BCUT2D eigenvalue weighted by Gasteiger charge is -2.20. The van der Waals surface area contributed by atoms with Gasteiger partial charge in [-0.2, -0.15) is 5.10 Å². The highest BCUT2D eigenvalue weighted by Gasteiger charge is 2.15. The fraction of sp³-hybridized carbons (Fsp3) is 0.391. The summed E-state index contributed by atoms with van der Waals surface area (Å²) in [5.74, 6) is 0.490. The van der Waals surface area contributed by atoms with Gasteiger partial charge in [-0.1, -0.05) is 12.1 Å². The molecular weight excluding hydrogens is 422 g/mol. The van der Waals surface area contributed by atoms with Crippen LogP contribution >= 0.6 is 0 Å². The number of hydrogen-bond donors (Lipinski definition) is 3.